The highest BCUT2D eigenvalue weighted by Crippen LogP contribution is 2.53. The smallest absolute Gasteiger partial charge is 0.339 e. The van der Waals surface area contributed by atoms with E-state index in [0.717, 1.165) is 55.2 Å². The first kappa shape index (κ1) is 45.4. The minimum Gasteiger partial charge on any atom is -0.483 e. The van der Waals surface area contributed by atoms with Crippen LogP contribution in [0.15, 0.2) is 130 Å². The van der Waals surface area contributed by atoms with Crippen molar-refractivity contribution in [2.45, 2.75) is 121 Å². The standard InChI is InChI=1S/C57H62O9/c1-35(2)46-24-19-36-17-20-39(21-18-36)47-25-22-41(40-14-10-13-38(30-40)29-37-11-6-5-7-12-37)31-44(47)33-50(59)63-53-51-49(66-57(3,45-15-8-9-16-45)54(53)65-55(46)60)26-23-42-32-48(56(61)64-52(42)51)43(27-28-58)34-62-4/h5-7,10-14,17-18,20-23,25-26,30,32,41,43-45,47,53-54,58H,8-9,15-16,19,24,27-29,31,33-34H2,1-4H3/t41-,43-,44+,47+,53-,54+,57+/m1/s1. The number of hydrogen-bond acceptors (Lipinski definition) is 9. The number of carbonyl (C=O) groups is 2. The van der Waals surface area contributed by atoms with Gasteiger partial charge in [-0.3, -0.25) is 4.79 Å². The average molecular weight is 891 g/mol. The van der Waals surface area contributed by atoms with Gasteiger partial charge in [-0.2, -0.15) is 0 Å². The van der Waals surface area contributed by atoms with Gasteiger partial charge in [-0.25, -0.2) is 9.59 Å². The van der Waals surface area contributed by atoms with Gasteiger partial charge in [0.2, 0.25) is 0 Å². The van der Waals surface area contributed by atoms with E-state index in [1.165, 1.54) is 16.7 Å². The number of carbonyl (C=O) groups excluding carboxylic acids is 2. The molecule has 4 heterocycles. The van der Waals surface area contributed by atoms with Crippen molar-refractivity contribution < 1.29 is 38.1 Å². The van der Waals surface area contributed by atoms with Crippen LogP contribution in [-0.2, 0) is 36.6 Å². The Morgan fingerprint density at radius 3 is 2.36 bits per heavy atom. The largest absolute Gasteiger partial charge is 0.483 e. The van der Waals surface area contributed by atoms with Crippen molar-refractivity contribution in [3.05, 3.63) is 170 Å². The zero-order valence-corrected chi connectivity index (χ0v) is 38.6. The lowest BCUT2D eigenvalue weighted by molar-refractivity contribution is -0.199. The van der Waals surface area contributed by atoms with Gasteiger partial charge in [0.05, 0.1) is 12.2 Å². The van der Waals surface area contributed by atoms with Gasteiger partial charge in [-0.1, -0.05) is 109 Å². The second-order valence-corrected chi connectivity index (χ2v) is 19.4. The van der Waals surface area contributed by atoms with Crippen molar-refractivity contribution >= 4 is 22.9 Å². The number of aryl methyl sites for hydroxylation is 1. The number of rotatable bonds is 9. The van der Waals surface area contributed by atoms with Crippen LogP contribution in [0.2, 0.25) is 0 Å². The molecule has 1 N–H and O–H groups in total. The lowest BCUT2D eigenvalue weighted by atomic mass is 9.72. The summed E-state index contributed by atoms with van der Waals surface area (Å²) in [5, 5.41) is 10.5. The molecule has 5 aliphatic rings. The molecular formula is C57H62O9. The summed E-state index contributed by atoms with van der Waals surface area (Å²) < 4.78 is 32.3. The number of aliphatic hydroxyl groups is 1. The Kier molecular flexibility index (Phi) is 13.5. The fourth-order valence-electron chi connectivity index (χ4n) is 11.3. The molecule has 2 bridgehead atoms. The van der Waals surface area contributed by atoms with Crippen molar-refractivity contribution in [3.63, 3.8) is 0 Å². The quantitative estimate of drug-likeness (QED) is 0.0667. The van der Waals surface area contributed by atoms with Crippen LogP contribution in [0.3, 0.4) is 0 Å². The summed E-state index contributed by atoms with van der Waals surface area (Å²) in [6.07, 6.45) is 9.11. The molecule has 0 unspecified atom stereocenters. The number of ether oxygens (including phenoxy) is 4. The van der Waals surface area contributed by atoms with E-state index in [-0.39, 0.29) is 48.9 Å². The summed E-state index contributed by atoms with van der Waals surface area (Å²) in [6.45, 7) is 5.92. The Morgan fingerprint density at radius 1 is 0.848 bits per heavy atom. The van der Waals surface area contributed by atoms with Gasteiger partial charge >= 0.3 is 17.6 Å². The molecule has 0 radical (unpaired) electrons. The lowest BCUT2D eigenvalue weighted by Crippen LogP contribution is -2.58. The monoisotopic (exact) mass is 890 g/mol. The van der Waals surface area contributed by atoms with E-state index in [1.807, 2.05) is 39.0 Å². The number of allylic oxidation sites excluding steroid dienone is 3. The summed E-state index contributed by atoms with van der Waals surface area (Å²) in [7, 11) is 1.56. The molecule has 3 aliphatic heterocycles. The van der Waals surface area contributed by atoms with Crippen LogP contribution < -0.4 is 10.4 Å². The Balaban J connectivity index is 1.15. The molecule has 344 valence electrons. The molecule has 10 rings (SSSR count). The lowest BCUT2D eigenvalue weighted by Gasteiger charge is -2.48. The van der Waals surface area contributed by atoms with Crippen LogP contribution >= 0.6 is 0 Å². The summed E-state index contributed by atoms with van der Waals surface area (Å²) in [5.41, 5.74) is 6.61. The Hall–Kier alpha value is -5.77. The molecule has 4 aromatic carbocycles. The van der Waals surface area contributed by atoms with E-state index in [2.05, 4.69) is 84.9 Å². The van der Waals surface area contributed by atoms with Gasteiger partial charge in [-0.05, 0) is 118 Å². The van der Waals surface area contributed by atoms with Gasteiger partial charge in [0.15, 0.2) is 12.2 Å². The van der Waals surface area contributed by atoms with E-state index >= 15 is 4.79 Å². The molecule has 9 nitrogen and oxygen atoms in total. The molecule has 0 amide bonds. The van der Waals surface area contributed by atoms with Crippen molar-refractivity contribution in [1.82, 2.24) is 0 Å². The molecule has 5 aromatic rings. The maximum atomic E-state index is 15.1. The van der Waals surface area contributed by atoms with Gasteiger partial charge in [0.1, 0.15) is 16.9 Å². The molecule has 7 atom stereocenters. The molecule has 0 spiro atoms. The first-order chi connectivity index (χ1) is 32.0. The first-order valence-corrected chi connectivity index (χ1v) is 23.9. The maximum Gasteiger partial charge on any atom is 0.339 e. The van der Waals surface area contributed by atoms with E-state index < -0.39 is 41.3 Å². The van der Waals surface area contributed by atoms with Crippen LogP contribution in [0, 0.1) is 11.8 Å². The Labute approximate surface area is 387 Å². The van der Waals surface area contributed by atoms with Gasteiger partial charge < -0.3 is 28.5 Å². The highest BCUT2D eigenvalue weighted by Gasteiger charge is 2.57. The second-order valence-electron chi connectivity index (χ2n) is 19.4. The predicted molar refractivity (Wildman–Crippen MR) is 255 cm³/mol. The molecule has 1 aromatic heterocycles. The van der Waals surface area contributed by atoms with E-state index in [1.54, 1.807) is 13.2 Å². The molecule has 0 saturated heterocycles. The molecule has 1 fully saturated rings. The van der Waals surface area contributed by atoms with Crippen LogP contribution in [-0.4, -0.2) is 49.1 Å². The van der Waals surface area contributed by atoms with Crippen LogP contribution in [0.5, 0.6) is 5.75 Å². The first-order valence-electron chi connectivity index (χ1n) is 23.9. The maximum absolute atomic E-state index is 15.1. The van der Waals surface area contributed by atoms with Gasteiger partial charge in [0, 0.05) is 60.3 Å². The molecule has 1 saturated carbocycles. The van der Waals surface area contributed by atoms with E-state index in [0.29, 0.717) is 47.1 Å². The predicted octanol–water partition coefficient (Wildman–Crippen LogP) is 11.1. The topological polar surface area (TPSA) is 122 Å². The summed E-state index contributed by atoms with van der Waals surface area (Å²) >= 11 is 0. The average Bonchev–Trinajstić information content (AvgIpc) is 3.87. The van der Waals surface area contributed by atoms with Crippen molar-refractivity contribution in [1.29, 1.82) is 0 Å². The zero-order valence-electron chi connectivity index (χ0n) is 38.6. The van der Waals surface area contributed by atoms with E-state index in [4.69, 9.17) is 23.4 Å². The third-order valence-corrected chi connectivity index (χ3v) is 14.9. The number of esters is 2. The zero-order chi connectivity index (χ0) is 46.0. The summed E-state index contributed by atoms with van der Waals surface area (Å²) in [4.78, 5) is 43.8. The van der Waals surface area contributed by atoms with Crippen molar-refractivity contribution in [2.24, 2.45) is 11.8 Å². The van der Waals surface area contributed by atoms with Crippen molar-refractivity contribution in [3.8, 4) is 5.75 Å². The minimum absolute atomic E-state index is 0.00648. The number of hydrogen-bond donors (Lipinski definition) is 1. The number of aliphatic hydroxyl groups excluding tert-OH is 1. The highest BCUT2D eigenvalue weighted by atomic mass is 16.6. The molecular weight excluding hydrogens is 829 g/mol. The van der Waals surface area contributed by atoms with E-state index in [9.17, 15) is 14.7 Å². The fourth-order valence-corrected chi connectivity index (χ4v) is 11.3. The van der Waals surface area contributed by atoms with Crippen LogP contribution in [0.25, 0.3) is 11.0 Å². The van der Waals surface area contributed by atoms with Crippen LogP contribution in [0.1, 0.15) is 135 Å². The molecule has 9 heteroatoms. The molecule has 2 aliphatic carbocycles. The van der Waals surface area contributed by atoms with Crippen molar-refractivity contribution in [2.75, 3.05) is 20.3 Å². The SMILES string of the molecule is COC[C@@H](CCO)c1cc2ccc3c(c2oc1=O)[C@H]1OC(=O)C[C@@H]2C[C@H](c4cccc(Cc5ccccc5)c4)C=C[C@H]2c2ccc(cc2)CCC(=C(C)C)C(=O)O[C@@H]1[C@](C)(C1CCCC1)O3. The Morgan fingerprint density at radius 2 is 1.62 bits per heavy atom. The third-order valence-electron chi connectivity index (χ3n) is 14.9. The number of benzene rings is 4. The number of methoxy groups -OCH3 is 1. The molecule has 66 heavy (non-hydrogen) atoms. The minimum atomic E-state index is -1.16. The third kappa shape index (κ3) is 9.30. The number of fused-ring (bicyclic) bond motifs is 11. The summed E-state index contributed by atoms with van der Waals surface area (Å²) in [6, 6.07) is 33.3. The highest BCUT2D eigenvalue weighted by molar-refractivity contribution is 5.90. The Bertz CT molecular complexity index is 2660. The fraction of sp³-hybridized carbons (Fsp3) is 0.421. The normalized spacial score (nSPS) is 25.0. The summed E-state index contributed by atoms with van der Waals surface area (Å²) in [5.74, 6) is -1.00. The van der Waals surface area contributed by atoms with Crippen LogP contribution in [0.4, 0.5) is 0 Å². The second kappa shape index (κ2) is 19.6. The van der Waals surface area contributed by atoms with Gasteiger partial charge in [-0.15, -0.1) is 0 Å². The van der Waals surface area contributed by atoms with Gasteiger partial charge in [0.25, 0.3) is 0 Å².